The second kappa shape index (κ2) is 5.12. The molecule has 0 saturated carbocycles. The van der Waals surface area contributed by atoms with Crippen LogP contribution in [-0.4, -0.2) is 4.98 Å². The smallest absolute Gasteiger partial charge is 0.135 e. The Morgan fingerprint density at radius 2 is 1.54 bits per heavy atom. The Hall–Kier alpha value is -3.26. The predicted molar refractivity (Wildman–Crippen MR) is 108 cm³/mol. The summed E-state index contributed by atoms with van der Waals surface area (Å²) in [7, 11) is 0. The first-order valence-corrected chi connectivity index (χ1v) is 9.09. The number of fused-ring (bicyclic) bond motifs is 6. The van der Waals surface area contributed by atoms with Gasteiger partial charge in [-0.3, -0.25) is 0 Å². The van der Waals surface area contributed by atoms with Gasteiger partial charge < -0.3 is 9.40 Å². The molecule has 0 atom stereocenters. The maximum Gasteiger partial charge on any atom is 0.135 e. The van der Waals surface area contributed by atoms with E-state index in [-0.39, 0.29) is 0 Å². The zero-order chi connectivity index (χ0) is 17.1. The highest BCUT2D eigenvalue weighted by molar-refractivity contribution is 6.06. The van der Waals surface area contributed by atoms with Gasteiger partial charge in [-0.05, 0) is 54.3 Å². The molecule has 2 heteroatoms. The molecule has 2 heterocycles. The molecule has 124 valence electrons. The van der Waals surface area contributed by atoms with Crippen molar-refractivity contribution in [2.45, 2.75) is 12.8 Å². The van der Waals surface area contributed by atoms with Gasteiger partial charge in [0.1, 0.15) is 11.2 Å². The van der Waals surface area contributed by atoms with E-state index < -0.39 is 0 Å². The van der Waals surface area contributed by atoms with Crippen LogP contribution in [0.1, 0.15) is 23.2 Å². The summed E-state index contributed by atoms with van der Waals surface area (Å²) in [6.45, 7) is 0. The van der Waals surface area contributed by atoms with Crippen molar-refractivity contribution in [1.82, 2.24) is 4.98 Å². The van der Waals surface area contributed by atoms with Crippen LogP contribution in [0, 0.1) is 0 Å². The number of nitrogens with one attached hydrogen (secondary N) is 1. The number of hydrogen-bond donors (Lipinski definition) is 1. The average Bonchev–Trinajstić information content (AvgIpc) is 3.25. The van der Waals surface area contributed by atoms with Crippen LogP contribution in [0.15, 0.2) is 71.1 Å². The van der Waals surface area contributed by atoms with Gasteiger partial charge in [0.2, 0.25) is 0 Å². The molecule has 0 bridgehead atoms. The second-order valence-electron chi connectivity index (χ2n) is 7.04. The number of rotatable bonds is 1. The minimum absolute atomic E-state index is 0.955. The Bertz CT molecular complexity index is 1330. The molecule has 0 aliphatic heterocycles. The van der Waals surface area contributed by atoms with Crippen molar-refractivity contribution in [3.8, 4) is 0 Å². The third-order valence-corrected chi connectivity index (χ3v) is 5.54. The lowest BCUT2D eigenvalue weighted by molar-refractivity contribution is 0.669. The van der Waals surface area contributed by atoms with Crippen molar-refractivity contribution in [3.05, 3.63) is 83.6 Å². The molecule has 0 amide bonds. The lowest BCUT2D eigenvalue weighted by Gasteiger charge is -2.14. The fourth-order valence-corrected chi connectivity index (χ4v) is 4.24. The van der Waals surface area contributed by atoms with E-state index in [1.807, 2.05) is 12.1 Å². The van der Waals surface area contributed by atoms with Gasteiger partial charge in [0, 0.05) is 32.9 Å². The summed E-state index contributed by atoms with van der Waals surface area (Å²) < 4.78 is 5.97. The molecule has 1 aliphatic carbocycles. The number of furan rings is 1. The number of aromatic amines is 1. The molecule has 0 saturated heterocycles. The lowest BCUT2D eigenvalue weighted by atomic mass is 9.91. The van der Waals surface area contributed by atoms with Crippen molar-refractivity contribution >= 4 is 44.5 Å². The Labute approximate surface area is 150 Å². The van der Waals surface area contributed by atoms with Crippen LogP contribution in [0.4, 0.5) is 0 Å². The SMILES string of the molecule is C1=C(c2ccc3oc4ccccc4c3c2)CCc2[nH]c3ccccc3c21. The van der Waals surface area contributed by atoms with Crippen molar-refractivity contribution in [3.63, 3.8) is 0 Å². The van der Waals surface area contributed by atoms with Crippen molar-refractivity contribution in [2.75, 3.05) is 0 Å². The molecule has 1 N–H and O–H groups in total. The van der Waals surface area contributed by atoms with Crippen LogP contribution >= 0.6 is 0 Å². The Morgan fingerprint density at radius 1 is 0.731 bits per heavy atom. The van der Waals surface area contributed by atoms with Crippen LogP contribution in [0.2, 0.25) is 0 Å². The Balaban J connectivity index is 1.55. The number of para-hydroxylation sites is 2. The van der Waals surface area contributed by atoms with Gasteiger partial charge >= 0.3 is 0 Å². The molecule has 0 fully saturated rings. The highest BCUT2D eigenvalue weighted by Gasteiger charge is 2.17. The molecule has 26 heavy (non-hydrogen) atoms. The summed E-state index contributed by atoms with van der Waals surface area (Å²) in [5, 5.41) is 3.70. The predicted octanol–water partition coefficient (Wildman–Crippen LogP) is 6.55. The highest BCUT2D eigenvalue weighted by Crippen LogP contribution is 2.37. The third kappa shape index (κ3) is 1.93. The standard InChI is InChI=1S/C24H17NO/c1-3-7-21-17(5-1)19-13-15(9-11-22(19)25-21)16-10-12-24-20(14-16)18-6-2-4-8-23(18)26-24/h1-8,10,12-14,25H,9,11H2. The van der Waals surface area contributed by atoms with Crippen LogP contribution in [-0.2, 0) is 6.42 Å². The van der Waals surface area contributed by atoms with Gasteiger partial charge in [0.15, 0.2) is 0 Å². The van der Waals surface area contributed by atoms with Crippen LogP contribution in [0.3, 0.4) is 0 Å². The summed E-state index contributed by atoms with van der Waals surface area (Å²) in [6.07, 6.45) is 4.47. The molecular formula is C24H17NO. The van der Waals surface area contributed by atoms with Crippen molar-refractivity contribution in [2.24, 2.45) is 0 Å². The summed E-state index contributed by atoms with van der Waals surface area (Å²) in [5.74, 6) is 0. The van der Waals surface area contributed by atoms with Gasteiger partial charge in [0.05, 0.1) is 0 Å². The molecular weight excluding hydrogens is 318 g/mol. The first-order chi connectivity index (χ1) is 12.9. The van der Waals surface area contributed by atoms with E-state index >= 15 is 0 Å². The van der Waals surface area contributed by atoms with Crippen molar-refractivity contribution in [1.29, 1.82) is 0 Å². The van der Waals surface area contributed by atoms with E-state index in [1.165, 1.54) is 44.1 Å². The third-order valence-electron chi connectivity index (χ3n) is 5.54. The fourth-order valence-electron chi connectivity index (χ4n) is 4.24. The maximum absolute atomic E-state index is 5.97. The first kappa shape index (κ1) is 14.0. The Morgan fingerprint density at radius 3 is 2.50 bits per heavy atom. The van der Waals surface area contributed by atoms with Crippen LogP contribution in [0.5, 0.6) is 0 Å². The molecule has 3 aromatic carbocycles. The summed E-state index contributed by atoms with van der Waals surface area (Å²) in [4.78, 5) is 3.58. The number of aromatic nitrogens is 1. The number of H-pyrrole nitrogens is 1. The minimum Gasteiger partial charge on any atom is -0.456 e. The van der Waals surface area contributed by atoms with Gasteiger partial charge in [-0.2, -0.15) is 0 Å². The number of aryl methyl sites for hydroxylation is 1. The van der Waals surface area contributed by atoms with Gasteiger partial charge in [-0.15, -0.1) is 0 Å². The van der Waals surface area contributed by atoms with E-state index in [1.54, 1.807) is 0 Å². The molecule has 2 aromatic heterocycles. The topological polar surface area (TPSA) is 28.9 Å². The lowest BCUT2D eigenvalue weighted by Crippen LogP contribution is -1.97. The summed E-state index contributed by atoms with van der Waals surface area (Å²) in [6, 6.07) is 23.4. The minimum atomic E-state index is 0.955. The van der Waals surface area contributed by atoms with Crippen LogP contribution < -0.4 is 0 Å². The number of benzene rings is 3. The average molecular weight is 335 g/mol. The highest BCUT2D eigenvalue weighted by atomic mass is 16.3. The van der Waals surface area contributed by atoms with Gasteiger partial charge in [-0.25, -0.2) is 0 Å². The molecule has 0 radical (unpaired) electrons. The molecule has 1 aliphatic rings. The van der Waals surface area contributed by atoms with Crippen molar-refractivity contribution < 1.29 is 4.42 Å². The summed E-state index contributed by atoms with van der Waals surface area (Å²) >= 11 is 0. The van der Waals surface area contributed by atoms with E-state index in [9.17, 15) is 0 Å². The monoisotopic (exact) mass is 335 g/mol. The molecule has 2 nitrogen and oxygen atoms in total. The Kier molecular flexibility index (Phi) is 2.75. The second-order valence-corrected chi connectivity index (χ2v) is 7.04. The van der Waals surface area contributed by atoms with Gasteiger partial charge in [-0.1, -0.05) is 42.5 Å². The molecule has 5 aromatic rings. The fraction of sp³-hybridized carbons (Fsp3) is 0.0833. The zero-order valence-corrected chi connectivity index (χ0v) is 14.3. The largest absolute Gasteiger partial charge is 0.456 e. The number of hydrogen-bond acceptors (Lipinski definition) is 1. The molecule has 0 unspecified atom stereocenters. The van der Waals surface area contributed by atoms with E-state index in [0.29, 0.717) is 0 Å². The molecule has 6 rings (SSSR count). The summed E-state index contributed by atoms with van der Waals surface area (Å²) in [5.41, 5.74) is 8.53. The first-order valence-electron chi connectivity index (χ1n) is 9.09. The quantitative estimate of drug-likeness (QED) is 0.369. The molecule has 0 spiro atoms. The van der Waals surface area contributed by atoms with E-state index in [4.69, 9.17) is 4.42 Å². The number of allylic oxidation sites excluding steroid dienone is 1. The van der Waals surface area contributed by atoms with E-state index in [2.05, 4.69) is 65.7 Å². The van der Waals surface area contributed by atoms with E-state index in [0.717, 1.165) is 24.0 Å². The normalized spacial score (nSPS) is 14.1. The van der Waals surface area contributed by atoms with Gasteiger partial charge in [0.25, 0.3) is 0 Å². The van der Waals surface area contributed by atoms with Crippen LogP contribution in [0.25, 0.3) is 44.5 Å². The zero-order valence-electron chi connectivity index (χ0n) is 14.3. The maximum atomic E-state index is 5.97.